The Balaban J connectivity index is 3.08. The van der Waals surface area contributed by atoms with Crippen LogP contribution in [0, 0.1) is 5.95 Å². The number of pyridine rings is 1. The van der Waals surface area contributed by atoms with E-state index in [4.69, 9.17) is 5.11 Å². The van der Waals surface area contributed by atoms with Crippen LogP contribution >= 0.6 is 0 Å². The second-order valence-electron chi connectivity index (χ2n) is 2.18. The number of aliphatic hydroxyl groups excluding tert-OH is 1. The molecule has 0 aliphatic heterocycles. The summed E-state index contributed by atoms with van der Waals surface area (Å²) in [6.07, 6.45) is -1.88. The molecule has 0 aliphatic rings. The summed E-state index contributed by atoms with van der Waals surface area (Å²) in [6.45, 7) is -0.424. The van der Waals surface area contributed by atoms with Crippen LogP contribution < -0.4 is 0 Å². The van der Waals surface area contributed by atoms with Gasteiger partial charge in [0, 0.05) is 6.20 Å². The summed E-state index contributed by atoms with van der Waals surface area (Å²) in [5.74, 6) is -1.19. The molecular formula is C7H6F3NO. The van der Waals surface area contributed by atoms with E-state index in [1.807, 2.05) is 0 Å². The first-order valence-electron chi connectivity index (χ1n) is 3.18. The molecule has 12 heavy (non-hydrogen) atoms. The molecule has 0 saturated heterocycles. The van der Waals surface area contributed by atoms with Crippen molar-refractivity contribution in [3.8, 4) is 0 Å². The first-order chi connectivity index (χ1) is 5.65. The van der Waals surface area contributed by atoms with Crippen LogP contribution in [0.3, 0.4) is 0 Å². The fourth-order valence-corrected chi connectivity index (χ4v) is 0.750. The minimum atomic E-state index is -2.90. The minimum Gasteiger partial charge on any atom is -0.392 e. The Hall–Kier alpha value is -1.10. The van der Waals surface area contributed by atoms with Crippen LogP contribution in [0.5, 0.6) is 0 Å². The topological polar surface area (TPSA) is 33.1 Å². The predicted octanol–water partition coefficient (Wildman–Crippen LogP) is 1.65. The van der Waals surface area contributed by atoms with Gasteiger partial charge in [-0.05, 0) is 11.6 Å². The van der Waals surface area contributed by atoms with E-state index in [0.29, 0.717) is 0 Å². The zero-order chi connectivity index (χ0) is 9.14. The fourth-order valence-electron chi connectivity index (χ4n) is 0.750. The van der Waals surface area contributed by atoms with Gasteiger partial charge in [0.15, 0.2) is 0 Å². The average molecular weight is 177 g/mol. The first-order valence-corrected chi connectivity index (χ1v) is 3.18. The standard InChI is InChI=1S/C7H6F3NO/c8-6(9)5-1-4(3-12)2-11-7(5)10/h1-2,6,12H,3H2. The lowest BCUT2D eigenvalue weighted by molar-refractivity contribution is 0.144. The SMILES string of the molecule is OCc1cnc(F)c(C(F)F)c1. The minimum absolute atomic E-state index is 0.173. The Morgan fingerprint density at radius 3 is 2.67 bits per heavy atom. The molecular weight excluding hydrogens is 171 g/mol. The van der Waals surface area contributed by atoms with Gasteiger partial charge in [-0.1, -0.05) is 0 Å². The van der Waals surface area contributed by atoms with Crippen molar-refractivity contribution in [1.82, 2.24) is 4.98 Å². The number of hydrogen-bond acceptors (Lipinski definition) is 2. The molecule has 1 heterocycles. The third-order valence-corrected chi connectivity index (χ3v) is 1.34. The third kappa shape index (κ3) is 1.73. The fraction of sp³-hybridized carbons (Fsp3) is 0.286. The summed E-state index contributed by atoms with van der Waals surface area (Å²) < 4.78 is 36.4. The quantitative estimate of drug-likeness (QED) is 0.696. The van der Waals surface area contributed by atoms with Crippen LogP contribution in [-0.2, 0) is 6.61 Å². The van der Waals surface area contributed by atoms with E-state index in [0.717, 1.165) is 12.3 Å². The molecule has 0 aliphatic carbocycles. The van der Waals surface area contributed by atoms with Gasteiger partial charge in [0.05, 0.1) is 12.2 Å². The molecule has 0 saturated carbocycles. The highest BCUT2D eigenvalue weighted by molar-refractivity contribution is 5.19. The second-order valence-corrected chi connectivity index (χ2v) is 2.18. The van der Waals surface area contributed by atoms with E-state index in [1.165, 1.54) is 0 Å². The molecule has 0 atom stereocenters. The van der Waals surface area contributed by atoms with Gasteiger partial charge in [0.1, 0.15) is 0 Å². The number of aliphatic hydroxyl groups is 1. The highest BCUT2D eigenvalue weighted by Crippen LogP contribution is 2.21. The molecule has 0 radical (unpaired) electrons. The molecule has 66 valence electrons. The van der Waals surface area contributed by atoms with E-state index >= 15 is 0 Å². The van der Waals surface area contributed by atoms with E-state index in [9.17, 15) is 13.2 Å². The third-order valence-electron chi connectivity index (χ3n) is 1.34. The molecule has 2 nitrogen and oxygen atoms in total. The lowest BCUT2D eigenvalue weighted by Gasteiger charge is -2.02. The summed E-state index contributed by atoms with van der Waals surface area (Å²) in [7, 11) is 0. The molecule has 0 aromatic carbocycles. The zero-order valence-electron chi connectivity index (χ0n) is 5.97. The molecule has 1 aromatic heterocycles. The zero-order valence-corrected chi connectivity index (χ0v) is 5.97. The van der Waals surface area contributed by atoms with Gasteiger partial charge in [0.25, 0.3) is 6.43 Å². The maximum absolute atomic E-state index is 12.5. The Bertz CT molecular complexity index is 277. The average Bonchev–Trinajstić information content (AvgIpc) is 2.05. The molecule has 0 unspecified atom stereocenters. The predicted molar refractivity (Wildman–Crippen MR) is 35.1 cm³/mol. The van der Waals surface area contributed by atoms with Crippen LogP contribution in [0.15, 0.2) is 12.3 Å². The van der Waals surface area contributed by atoms with Crippen molar-refractivity contribution in [3.63, 3.8) is 0 Å². The highest BCUT2D eigenvalue weighted by atomic mass is 19.3. The summed E-state index contributed by atoms with van der Waals surface area (Å²) in [4.78, 5) is 3.06. The number of nitrogens with zero attached hydrogens (tertiary/aromatic N) is 1. The number of hydrogen-bond donors (Lipinski definition) is 1. The van der Waals surface area contributed by atoms with Crippen molar-refractivity contribution in [2.45, 2.75) is 13.0 Å². The Labute approximate surface area is 66.7 Å². The smallest absolute Gasteiger partial charge is 0.268 e. The van der Waals surface area contributed by atoms with E-state index in [1.54, 1.807) is 0 Å². The van der Waals surface area contributed by atoms with Gasteiger partial charge >= 0.3 is 0 Å². The monoisotopic (exact) mass is 177 g/mol. The number of rotatable bonds is 2. The number of halogens is 3. The molecule has 1 rings (SSSR count). The van der Waals surface area contributed by atoms with Crippen molar-refractivity contribution in [2.75, 3.05) is 0 Å². The first kappa shape index (κ1) is 8.99. The largest absolute Gasteiger partial charge is 0.392 e. The number of alkyl halides is 2. The normalized spacial score (nSPS) is 10.8. The Kier molecular flexibility index (Phi) is 2.65. The molecule has 0 spiro atoms. The lowest BCUT2D eigenvalue weighted by Crippen LogP contribution is -1.97. The van der Waals surface area contributed by atoms with Crippen LogP contribution in [-0.4, -0.2) is 10.1 Å². The van der Waals surface area contributed by atoms with Crippen molar-refractivity contribution >= 4 is 0 Å². The van der Waals surface area contributed by atoms with Gasteiger partial charge in [-0.25, -0.2) is 13.8 Å². The van der Waals surface area contributed by atoms with Crippen molar-refractivity contribution in [3.05, 3.63) is 29.3 Å². The molecule has 0 bridgehead atoms. The van der Waals surface area contributed by atoms with E-state index in [2.05, 4.69) is 4.98 Å². The molecule has 0 fully saturated rings. The lowest BCUT2D eigenvalue weighted by atomic mass is 10.2. The molecule has 1 N–H and O–H groups in total. The van der Waals surface area contributed by atoms with Gasteiger partial charge in [0.2, 0.25) is 5.95 Å². The summed E-state index contributed by atoms with van der Waals surface area (Å²) >= 11 is 0. The second kappa shape index (κ2) is 3.53. The molecule has 1 aromatic rings. The molecule has 0 amide bonds. The van der Waals surface area contributed by atoms with Gasteiger partial charge < -0.3 is 5.11 Å². The summed E-state index contributed by atoms with van der Waals surface area (Å²) in [5, 5.41) is 8.53. The van der Waals surface area contributed by atoms with Crippen molar-refractivity contribution in [1.29, 1.82) is 0 Å². The van der Waals surface area contributed by atoms with Gasteiger partial charge in [-0.3, -0.25) is 0 Å². The van der Waals surface area contributed by atoms with Crippen molar-refractivity contribution in [2.24, 2.45) is 0 Å². The summed E-state index contributed by atoms with van der Waals surface area (Å²) in [5.41, 5.74) is -0.603. The van der Waals surface area contributed by atoms with Crippen LogP contribution in [0.1, 0.15) is 17.6 Å². The number of aromatic nitrogens is 1. The van der Waals surface area contributed by atoms with Gasteiger partial charge in [-0.15, -0.1) is 0 Å². The summed E-state index contributed by atoms with van der Waals surface area (Å²) in [6, 6.07) is 0.896. The van der Waals surface area contributed by atoms with Crippen molar-refractivity contribution < 1.29 is 18.3 Å². The highest BCUT2D eigenvalue weighted by Gasteiger charge is 2.14. The maximum atomic E-state index is 12.5. The molecule has 5 heteroatoms. The van der Waals surface area contributed by atoms with Crippen LogP contribution in [0.2, 0.25) is 0 Å². The Morgan fingerprint density at radius 1 is 1.50 bits per heavy atom. The maximum Gasteiger partial charge on any atom is 0.268 e. The van der Waals surface area contributed by atoms with Gasteiger partial charge in [-0.2, -0.15) is 4.39 Å². The van der Waals surface area contributed by atoms with E-state index in [-0.39, 0.29) is 5.56 Å². The van der Waals surface area contributed by atoms with E-state index < -0.39 is 24.5 Å². The van der Waals surface area contributed by atoms with Crippen LogP contribution in [0.4, 0.5) is 13.2 Å². The van der Waals surface area contributed by atoms with Crippen LogP contribution in [0.25, 0.3) is 0 Å². The Morgan fingerprint density at radius 2 is 2.17 bits per heavy atom.